The van der Waals surface area contributed by atoms with Crippen molar-refractivity contribution in [2.24, 2.45) is 0 Å². The summed E-state index contributed by atoms with van der Waals surface area (Å²) in [6.45, 7) is 7.39. The molecule has 1 atom stereocenters. The van der Waals surface area contributed by atoms with E-state index in [1.165, 1.54) is 5.56 Å². The summed E-state index contributed by atoms with van der Waals surface area (Å²) >= 11 is 0. The van der Waals surface area contributed by atoms with Gasteiger partial charge in [-0.25, -0.2) is 0 Å². The molecule has 0 fully saturated rings. The van der Waals surface area contributed by atoms with Crippen molar-refractivity contribution in [2.45, 2.75) is 39.4 Å². The Bertz CT molecular complexity index is 584. The normalized spacial score (nSPS) is 12.8. The molecule has 150 valence electrons. The van der Waals surface area contributed by atoms with E-state index < -0.39 is 6.10 Å². The molecule has 6 heteroatoms. The zero-order valence-electron chi connectivity index (χ0n) is 16.3. The molecule has 1 heterocycles. The van der Waals surface area contributed by atoms with E-state index in [2.05, 4.69) is 17.0 Å². The predicted molar refractivity (Wildman–Crippen MR) is 103 cm³/mol. The van der Waals surface area contributed by atoms with Crippen molar-refractivity contribution < 1.29 is 23.7 Å². The first-order valence-corrected chi connectivity index (χ1v) is 9.48. The maximum absolute atomic E-state index is 10.4. The van der Waals surface area contributed by atoms with Gasteiger partial charge >= 0.3 is 0 Å². The molecule has 0 aliphatic rings. The van der Waals surface area contributed by atoms with Crippen LogP contribution >= 0.6 is 0 Å². The monoisotopic (exact) mass is 377 g/mol. The lowest BCUT2D eigenvalue weighted by atomic mass is 10.2. The van der Waals surface area contributed by atoms with Crippen molar-refractivity contribution in [3.05, 3.63) is 60.1 Å². The van der Waals surface area contributed by atoms with Crippen LogP contribution in [0.4, 0.5) is 0 Å². The van der Waals surface area contributed by atoms with Gasteiger partial charge in [0.15, 0.2) is 6.29 Å². The summed E-state index contributed by atoms with van der Waals surface area (Å²) in [4.78, 5) is 2.13. The molecule has 2 aromatic rings. The Kier molecular flexibility index (Phi) is 10.1. The van der Waals surface area contributed by atoms with Crippen molar-refractivity contribution in [2.75, 3.05) is 32.9 Å². The van der Waals surface area contributed by atoms with E-state index in [0.29, 0.717) is 39.5 Å². The lowest BCUT2D eigenvalue weighted by molar-refractivity contribution is -0.150. The molecular weight excluding hydrogens is 346 g/mol. The number of ether oxygens (including phenoxy) is 3. The lowest BCUT2D eigenvalue weighted by Gasteiger charge is -2.29. The maximum Gasteiger partial charge on any atom is 0.170 e. The number of benzene rings is 1. The molecule has 1 aromatic heterocycles. The molecule has 27 heavy (non-hydrogen) atoms. The van der Waals surface area contributed by atoms with Gasteiger partial charge < -0.3 is 23.7 Å². The second-order valence-corrected chi connectivity index (χ2v) is 6.27. The number of aliphatic hydroxyl groups is 1. The number of nitrogens with zero attached hydrogens (tertiary/aromatic N) is 1. The highest BCUT2D eigenvalue weighted by Gasteiger charge is 2.18. The quantitative estimate of drug-likeness (QED) is 0.511. The van der Waals surface area contributed by atoms with Crippen LogP contribution in [0.5, 0.6) is 0 Å². The first kappa shape index (κ1) is 21.6. The van der Waals surface area contributed by atoms with Crippen LogP contribution in [0.3, 0.4) is 0 Å². The van der Waals surface area contributed by atoms with E-state index in [1.807, 2.05) is 44.2 Å². The summed E-state index contributed by atoms with van der Waals surface area (Å²) in [6, 6.07) is 13.8. The molecule has 0 radical (unpaired) electrons. The Morgan fingerprint density at radius 2 is 1.74 bits per heavy atom. The summed E-state index contributed by atoms with van der Waals surface area (Å²) in [6.07, 6.45) is 0.672. The first-order chi connectivity index (χ1) is 13.2. The topological polar surface area (TPSA) is 64.3 Å². The first-order valence-electron chi connectivity index (χ1n) is 9.48. The summed E-state index contributed by atoms with van der Waals surface area (Å²) < 4.78 is 22.1. The Balaban J connectivity index is 1.88. The highest BCUT2D eigenvalue weighted by atomic mass is 16.7. The Morgan fingerprint density at radius 1 is 1.00 bits per heavy atom. The molecular formula is C21H31NO5. The van der Waals surface area contributed by atoms with Crippen molar-refractivity contribution in [1.29, 1.82) is 0 Å². The average molecular weight is 377 g/mol. The van der Waals surface area contributed by atoms with E-state index in [4.69, 9.17) is 18.6 Å². The third-order valence-electron chi connectivity index (χ3n) is 3.97. The third kappa shape index (κ3) is 8.69. The van der Waals surface area contributed by atoms with E-state index in [0.717, 1.165) is 5.76 Å². The minimum absolute atomic E-state index is 0.236. The van der Waals surface area contributed by atoms with Gasteiger partial charge in [-0.3, -0.25) is 4.90 Å². The highest BCUT2D eigenvalue weighted by Crippen LogP contribution is 2.09. The second kappa shape index (κ2) is 12.6. The molecule has 2 rings (SSSR count). The number of furan rings is 1. The zero-order chi connectivity index (χ0) is 19.3. The second-order valence-electron chi connectivity index (χ2n) is 6.27. The van der Waals surface area contributed by atoms with Crippen LogP contribution in [0.1, 0.15) is 25.2 Å². The number of hydrogen-bond donors (Lipinski definition) is 1. The van der Waals surface area contributed by atoms with Crippen molar-refractivity contribution in [3.8, 4) is 0 Å². The van der Waals surface area contributed by atoms with Crippen LogP contribution in [0, 0.1) is 0 Å². The number of rotatable bonds is 14. The molecule has 1 N–H and O–H groups in total. The fraction of sp³-hybridized carbons (Fsp3) is 0.524. The Hall–Kier alpha value is -1.70. The average Bonchev–Trinajstić information content (AvgIpc) is 3.16. The molecule has 0 aliphatic heterocycles. The summed E-state index contributed by atoms with van der Waals surface area (Å²) in [7, 11) is 0. The number of aliphatic hydroxyl groups excluding tert-OH is 1. The number of hydrogen-bond acceptors (Lipinski definition) is 6. The maximum atomic E-state index is 10.4. The van der Waals surface area contributed by atoms with Gasteiger partial charge in [0.2, 0.25) is 0 Å². The van der Waals surface area contributed by atoms with Gasteiger partial charge in [0.05, 0.1) is 19.0 Å². The fourth-order valence-electron chi connectivity index (χ4n) is 2.82. The van der Waals surface area contributed by atoms with Crippen LogP contribution < -0.4 is 0 Å². The van der Waals surface area contributed by atoms with Gasteiger partial charge in [0.25, 0.3) is 0 Å². The van der Waals surface area contributed by atoms with Crippen LogP contribution in [0.15, 0.2) is 53.1 Å². The smallest absolute Gasteiger partial charge is 0.170 e. The van der Waals surface area contributed by atoms with Crippen molar-refractivity contribution in [1.82, 2.24) is 4.90 Å². The minimum atomic E-state index is -0.618. The summed E-state index contributed by atoms with van der Waals surface area (Å²) in [5.41, 5.74) is 1.17. The Morgan fingerprint density at radius 3 is 2.37 bits per heavy atom. The zero-order valence-corrected chi connectivity index (χ0v) is 16.3. The van der Waals surface area contributed by atoms with Crippen LogP contribution in [-0.2, 0) is 27.4 Å². The third-order valence-corrected chi connectivity index (χ3v) is 3.97. The standard InChI is InChI=1S/C21H31NO5/c1-3-25-21(26-4-2)15-22(13-18-9-6-5-7-10-18)14-19(23)16-24-17-20-11-8-12-27-20/h5-12,19,21,23H,3-4,13-17H2,1-2H3. The molecule has 0 spiro atoms. The molecule has 1 unspecified atom stereocenters. The van der Waals surface area contributed by atoms with Gasteiger partial charge in [-0.05, 0) is 31.5 Å². The Labute approximate surface area is 161 Å². The van der Waals surface area contributed by atoms with Crippen LogP contribution in [-0.4, -0.2) is 55.3 Å². The molecule has 0 saturated carbocycles. The SMILES string of the molecule is CCOC(CN(Cc1ccccc1)CC(O)COCc1ccco1)OCC. The highest BCUT2D eigenvalue weighted by molar-refractivity contribution is 5.14. The van der Waals surface area contributed by atoms with E-state index in [9.17, 15) is 5.11 Å². The molecule has 0 bridgehead atoms. The fourth-order valence-corrected chi connectivity index (χ4v) is 2.82. The lowest BCUT2D eigenvalue weighted by Crippen LogP contribution is -2.41. The van der Waals surface area contributed by atoms with Gasteiger partial charge in [0.1, 0.15) is 12.4 Å². The predicted octanol–water partition coefficient (Wildman–Crippen LogP) is 3.06. The molecule has 0 amide bonds. The molecule has 1 aromatic carbocycles. The van der Waals surface area contributed by atoms with Crippen molar-refractivity contribution in [3.63, 3.8) is 0 Å². The van der Waals surface area contributed by atoms with Crippen molar-refractivity contribution >= 4 is 0 Å². The van der Waals surface area contributed by atoms with Crippen LogP contribution in [0.25, 0.3) is 0 Å². The van der Waals surface area contributed by atoms with Gasteiger partial charge in [-0.1, -0.05) is 30.3 Å². The van der Waals surface area contributed by atoms with E-state index in [1.54, 1.807) is 6.26 Å². The van der Waals surface area contributed by atoms with E-state index >= 15 is 0 Å². The van der Waals surface area contributed by atoms with Gasteiger partial charge in [0, 0.05) is 32.8 Å². The largest absolute Gasteiger partial charge is 0.467 e. The molecule has 0 aliphatic carbocycles. The van der Waals surface area contributed by atoms with Gasteiger partial charge in [-0.15, -0.1) is 0 Å². The molecule has 0 saturated heterocycles. The summed E-state index contributed by atoms with van der Waals surface area (Å²) in [5, 5.41) is 10.4. The minimum Gasteiger partial charge on any atom is -0.467 e. The molecule has 6 nitrogen and oxygen atoms in total. The van der Waals surface area contributed by atoms with Crippen LogP contribution in [0.2, 0.25) is 0 Å². The van der Waals surface area contributed by atoms with E-state index in [-0.39, 0.29) is 12.9 Å². The van der Waals surface area contributed by atoms with Gasteiger partial charge in [-0.2, -0.15) is 0 Å². The summed E-state index contributed by atoms with van der Waals surface area (Å²) in [5.74, 6) is 0.746.